The van der Waals surface area contributed by atoms with Gasteiger partial charge in [0.25, 0.3) is 0 Å². The standard InChI is InChI=1S/C16H24ClNO/c1-11(2)12-8-13(15(19-3)14(17)9-12)16(10-18)6-4-5-7-16/h8-9,11H,4-7,10,18H2,1-3H3. The normalized spacial score (nSPS) is 18.0. The number of methoxy groups -OCH3 is 1. The van der Waals surface area contributed by atoms with Crippen LogP contribution in [0.4, 0.5) is 0 Å². The van der Waals surface area contributed by atoms with Crippen LogP contribution in [0.15, 0.2) is 12.1 Å². The summed E-state index contributed by atoms with van der Waals surface area (Å²) in [7, 11) is 1.69. The number of nitrogens with two attached hydrogens (primary N) is 1. The van der Waals surface area contributed by atoms with Crippen molar-refractivity contribution in [2.24, 2.45) is 5.73 Å². The summed E-state index contributed by atoms with van der Waals surface area (Å²) < 4.78 is 5.56. The van der Waals surface area contributed by atoms with Crippen molar-refractivity contribution in [1.29, 1.82) is 0 Å². The lowest BCUT2D eigenvalue weighted by atomic mass is 9.77. The van der Waals surface area contributed by atoms with E-state index >= 15 is 0 Å². The molecule has 0 bridgehead atoms. The van der Waals surface area contributed by atoms with Gasteiger partial charge < -0.3 is 10.5 Å². The third kappa shape index (κ3) is 2.61. The fraction of sp³-hybridized carbons (Fsp3) is 0.625. The van der Waals surface area contributed by atoms with E-state index in [0.29, 0.717) is 17.5 Å². The lowest BCUT2D eigenvalue weighted by molar-refractivity contribution is 0.377. The van der Waals surface area contributed by atoms with Crippen molar-refractivity contribution >= 4 is 11.6 Å². The molecule has 3 heteroatoms. The fourth-order valence-corrected chi connectivity index (χ4v) is 3.49. The zero-order valence-corrected chi connectivity index (χ0v) is 12.9. The molecule has 1 fully saturated rings. The van der Waals surface area contributed by atoms with Crippen molar-refractivity contribution in [2.75, 3.05) is 13.7 Å². The molecule has 1 aromatic rings. The first-order valence-corrected chi connectivity index (χ1v) is 7.50. The Morgan fingerprint density at radius 3 is 2.42 bits per heavy atom. The Balaban J connectivity index is 2.58. The lowest BCUT2D eigenvalue weighted by Gasteiger charge is -2.31. The largest absolute Gasteiger partial charge is 0.495 e. The van der Waals surface area contributed by atoms with Gasteiger partial charge in [-0.05, 0) is 30.4 Å². The van der Waals surface area contributed by atoms with Crippen molar-refractivity contribution in [2.45, 2.75) is 50.9 Å². The van der Waals surface area contributed by atoms with Crippen LogP contribution in [0.3, 0.4) is 0 Å². The number of hydrogen-bond acceptors (Lipinski definition) is 2. The van der Waals surface area contributed by atoms with Gasteiger partial charge in [-0.2, -0.15) is 0 Å². The number of ether oxygens (including phenoxy) is 1. The summed E-state index contributed by atoms with van der Waals surface area (Å²) in [6.07, 6.45) is 4.75. The monoisotopic (exact) mass is 281 g/mol. The summed E-state index contributed by atoms with van der Waals surface area (Å²) >= 11 is 6.41. The molecule has 0 heterocycles. The van der Waals surface area contributed by atoms with Crippen LogP contribution in [0.5, 0.6) is 5.75 Å². The van der Waals surface area contributed by atoms with Crippen LogP contribution < -0.4 is 10.5 Å². The Morgan fingerprint density at radius 2 is 1.95 bits per heavy atom. The minimum absolute atomic E-state index is 0.0554. The van der Waals surface area contributed by atoms with Gasteiger partial charge >= 0.3 is 0 Å². The van der Waals surface area contributed by atoms with Crippen LogP contribution in [0, 0.1) is 0 Å². The molecule has 0 aromatic heterocycles. The SMILES string of the molecule is COc1c(Cl)cc(C(C)C)cc1C1(CN)CCCC1. The summed E-state index contributed by atoms with van der Waals surface area (Å²) in [5.74, 6) is 1.27. The van der Waals surface area contributed by atoms with E-state index in [0.717, 1.165) is 18.6 Å². The smallest absolute Gasteiger partial charge is 0.141 e. The topological polar surface area (TPSA) is 35.2 Å². The van der Waals surface area contributed by atoms with Crippen molar-refractivity contribution < 1.29 is 4.74 Å². The molecule has 0 aliphatic heterocycles. The molecule has 1 aliphatic rings. The maximum atomic E-state index is 6.41. The van der Waals surface area contributed by atoms with E-state index < -0.39 is 0 Å². The zero-order valence-electron chi connectivity index (χ0n) is 12.1. The highest BCUT2D eigenvalue weighted by atomic mass is 35.5. The molecule has 2 nitrogen and oxygen atoms in total. The van der Waals surface area contributed by atoms with Crippen LogP contribution in [0.2, 0.25) is 5.02 Å². The van der Waals surface area contributed by atoms with Gasteiger partial charge in [-0.15, -0.1) is 0 Å². The maximum Gasteiger partial charge on any atom is 0.141 e. The highest BCUT2D eigenvalue weighted by Crippen LogP contribution is 2.47. The molecule has 0 amide bonds. The molecule has 0 atom stereocenters. The second kappa shape index (κ2) is 5.72. The highest BCUT2D eigenvalue weighted by molar-refractivity contribution is 6.32. The molecule has 0 saturated heterocycles. The van der Waals surface area contributed by atoms with E-state index in [4.69, 9.17) is 22.1 Å². The first-order valence-electron chi connectivity index (χ1n) is 7.12. The number of halogens is 1. The summed E-state index contributed by atoms with van der Waals surface area (Å²) in [5.41, 5.74) is 8.64. The summed E-state index contributed by atoms with van der Waals surface area (Å²) in [5, 5.41) is 0.712. The van der Waals surface area contributed by atoms with E-state index in [1.54, 1.807) is 7.11 Å². The second-order valence-corrected chi connectivity index (χ2v) is 6.34. The van der Waals surface area contributed by atoms with Gasteiger partial charge in [0, 0.05) is 17.5 Å². The molecular formula is C16H24ClNO. The van der Waals surface area contributed by atoms with E-state index in [1.165, 1.54) is 24.0 Å². The Bertz CT molecular complexity index is 450. The van der Waals surface area contributed by atoms with E-state index in [1.807, 2.05) is 6.07 Å². The maximum absolute atomic E-state index is 6.41. The molecule has 2 N–H and O–H groups in total. The quantitative estimate of drug-likeness (QED) is 0.896. The lowest BCUT2D eigenvalue weighted by Crippen LogP contribution is -2.32. The molecule has 1 aliphatic carbocycles. The molecule has 0 spiro atoms. The molecule has 0 unspecified atom stereocenters. The predicted molar refractivity (Wildman–Crippen MR) is 81.3 cm³/mol. The van der Waals surface area contributed by atoms with Crippen LogP contribution >= 0.6 is 11.6 Å². The van der Waals surface area contributed by atoms with E-state index in [-0.39, 0.29) is 5.41 Å². The van der Waals surface area contributed by atoms with Gasteiger partial charge in [0.05, 0.1) is 12.1 Å². The number of hydrogen-bond donors (Lipinski definition) is 1. The highest BCUT2D eigenvalue weighted by Gasteiger charge is 2.37. The zero-order chi connectivity index (χ0) is 14.0. The number of benzene rings is 1. The van der Waals surface area contributed by atoms with Gasteiger partial charge in [-0.1, -0.05) is 44.4 Å². The summed E-state index contributed by atoms with van der Waals surface area (Å²) in [4.78, 5) is 0. The summed E-state index contributed by atoms with van der Waals surface area (Å²) in [6, 6.07) is 4.28. The van der Waals surface area contributed by atoms with Crippen molar-refractivity contribution in [3.63, 3.8) is 0 Å². The van der Waals surface area contributed by atoms with Crippen LogP contribution in [0.1, 0.15) is 56.6 Å². The minimum atomic E-state index is 0.0554. The van der Waals surface area contributed by atoms with Gasteiger partial charge in [-0.25, -0.2) is 0 Å². The Morgan fingerprint density at radius 1 is 1.32 bits per heavy atom. The molecule has 2 rings (SSSR count). The van der Waals surface area contributed by atoms with Crippen molar-refractivity contribution in [3.8, 4) is 5.75 Å². The van der Waals surface area contributed by atoms with Crippen molar-refractivity contribution in [3.05, 3.63) is 28.3 Å². The molecule has 19 heavy (non-hydrogen) atoms. The fourth-order valence-electron chi connectivity index (χ4n) is 3.18. The van der Waals surface area contributed by atoms with Gasteiger partial charge in [-0.3, -0.25) is 0 Å². The Labute approximate surface area is 121 Å². The number of rotatable bonds is 4. The molecule has 0 radical (unpaired) electrons. The van der Waals surface area contributed by atoms with Crippen molar-refractivity contribution in [1.82, 2.24) is 0 Å². The minimum Gasteiger partial charge on any atom is -0.495 e. The van der Waals surface area contributed by atoms with Gasteiger partial charge in [0.15, 0.2) is 0 Å². The predicted octanol–water partition coefficient (Wildman–Crippen LogP) is 4.24. The average molecular weight is 282 g/mol. The second-order valence-electron chi connectivity index (χ2n) is 5.93. The van der Waals surface area contributed by atoms with E-state index in [9.17, 15) is 0 Å². The van der Waals surface area contributed by atoms with Gasteiger partial charge in [0.2, 0.25) is 0 Å². The van der Waals surface area contributed by atoms with Crippen LogP contribution in [-0.2, 0) is 5.41 Å². The van der Waals surface area contributed by atoms with Crippen LogP contribution in [0.25, 0.3) is 0 Å². The van der Waals surface area contributed by atoms with Gasteiger partial charge in [0.1, 0.15) is 5.75 Å². The molecular weight excluding hydrogens is 258 g/mol. The third-order valence-corrected chi connectivity index (χ3v) is 4.74. The van der Waals surface area contributed by atoms with E-state index in [2.05, 4.69) is 19.9 Å². The molecule has 1 aromatic carbocycles. The summed E-state index contributed by atoms with van der Waals surface area (Å²) in [6.45, 7) is 5.04. The van der Waals surface area contributed by atoms with Crippen LogP contribution in [-0.4, -0.2) is 13.7 Å². The molecule has 1 saturated carbocycles. The average Bonchev–Trinajstić information content (AvgIpc) is 2.87. The first-order chi connectivity index (χ1) is 9.04. The Hall–Kier alpha value is -0.730. The Kier molecular flexibility index (Phi) is 4.42. The third-order valence-electron chi connectivity index (χ3n) is 4.46. The first kappa shape index (κ1) is 14.7. The molecule has 106 valence electrons.